The van der Waals surface area contributed by atoms with Gasteiger partial charge in [0.05, 0.1) is 17.9 Å². The van der Waals surface area contributed by atoms with Gasteiger partial charge >= 0.3 is 0 Å². The number of hydrogen-bond donors (Lipinski definition) is 1. The Morgan fingerprint density at radius 3 is 2.81 bits per heavy atom. The average molecular weight is 281 g/mol. The molecule has 0 aliphatic rings. The van der Waals surface area contributed by atoms with E-state index in [4.69, 9.17) is 0 Å². The van der Waals surface area contributed by atoms with Crippen LogP contribution in [-0.4, -0.2) is 30.2 Å². The van der Waals surface area contributed by atoms with Crippen LogP contribution in [-0.2, 0) is 6.54 Å². The maximum atomic E-state index is 4.36. The number of rotatable bonds is 4. The fourth-order valence-corrected chi connectivity index (χ4v) is 2.09. The summed E-state index contributed by atoms with van der Waals surface area (Å²) in [6, 6.07) is 7.95. The smallest absolute Gasteiger partial charge is 0.143 e. The van der Waals surface area contributed by atoms with Crippen molar-refractivity contribution in [3.63, 3.8) is 0 Å². The molecule has 3 rings (SSSR count). The lowest BCUT2D eigenvalue weighted by Crippen LogP contribution is -2.04. The van der Waals surface area contributed by atoms with E-state index in [1.807, 2.05) is 32.0 Å². The maximum Gasteiger partial charge on any atom is 0.143 e. The molecule has 7 heteroatoms. The Morgan fingerprint density at radius 1 is 1.19 bits per heavy atom. The summed E-state index contributed by atoms with van der Waals surface area (Å²) >= 11 is 0. The molecule has 0 fully saturated rings. The number of aryl methyl sites for hydroxylation is 2. The van der Waals surface area contributed by atoms with Crippen LogP contribution in [0.25, 0.3) is 5.69 Å². The highest BCUT2D eigenvalue weighted by atomic mass is 15.5. The summed E-state index contributed by atoms with van der Waals surface area (Å²) in [4.78, 5) is 8.45. The van der Waals surface area contributed by atoms with Crippen molar-refractivity contribution in [1.29, 1.82) is 0 Å². The van der Waals surface area contributed by atoms with Crippen molar-refractivity contribution in [2.75, 3.05) is 5.32 Å². The summed E-state index contributed by atoms with van der Waals surface area (Å²) in [6.07, 6.45) is 3.35. The van der Waals surface area contributed by atoms with E-state index in [0.717, 1.165) is 28.5 Å². The van der Waals surface area contributed by atoms with Gasteiger partial charge in [0.2, 0.25) is 0 Å². The number of nitrogens with one attached hydrogen (secondary N) is 1. The number of hydrogen-bond acceptors (Lipinski definition) is 6. The van der Waals surface area contributed by atoms with Crippen molar-refractivity contribution in [3.05, 3.63) is 53.9 Å². The van der Waals surface area contributed by atoms with E-state index < -0.39 is 0 Å². The molecule has 0 radical (unpaired) electrons. The van der Waals surface area contributed by atoms with Gasteiger partial charge in [0.25, 0.3) is 0 Å². The van der Waals surface area contributed by atoms with Crippen LogP contribution in [0.15, 0.2) is 36.8 Å². The van der Waals surface area contributed by atoms with Crippen molar-refractivity contribution in [3.8, 4) is 5.69 Å². The third-order valence-electron chi connectivity index (χ3n) is 3.10. The van der Waals surface area contributed by atoms with Crippen molar-refractivity contribution in [2.45, 2.75) is 20.4 Å². The lowest BCUT2D eigenvalue weighted by Gasteiger charge is -2.10. The first kappa shape index (κ1) is 13.2. The minimum absolute atomic E-state index is 0.660. The van der Waals surface area contributed by atoms with Gasteiger partial charge in [-0.2, -0.15) is 0 Å². The molecular weight excluding hydrogens is 266 g/mol. The molecule has 1 N–H and O–H groups in total. The van der Waals surface area contributed by atoms with Crippen LogP contribution in [0.1, 0.15) is 17.1 Å². The normalized spacial score (nSPS) is 10.6. The Kier molecular flexibility index (Phi) is 3.55. The lowest BCUT2D eigenvalue weighted by molar-refractivity contribution is 0.785. The Balaban J connectivity index is 1.74. The molecule has 0 aliphatic heterocycles. The van der Waals surface area contributed by atoms with E-state index in [2.05, 4.69) is 36.9 Å². The zero-order valence-corrected chi connectivity index (χ0v) is 11.9. The zero-order valence-electron chi connectivity index (χ0n) is 11.9. The second kappa shape index (κ2) is 5.66. The quantitative estimate of drug-likeness (QED) is 0.783. The number of tetrazole rings is 1. The summed E-state index contributed by atoms with van der Waals surface area (Å²) in [7, 11) is 0. The first-order chi connectivity index (χ1) is 10.2. The number of anilines is 1. The Hall–Kier alpha value is -2.83. The van der Waals surface area contributed by atoms with E-state index in [1.165, 1.54) is 0 Å². The fraction of sp³-hybridized carbons (Fsp3) is 0.214. The summed E-state index contributed by atoms with van der Waals surface area (Å²) in [6.45, 7) is 4.57. The molecule has 21 heavy (non-hydrogen) atoms. The molecule has 0 saturated carbocycles. The van der Waals surface area contributed by atoms with Crippen LogP contribution < -0.4 is 5.32 Å². The summed E-state index contributed by atoms with van der Waals surface area (Å²) < 4.78 is 1.65. The van der Waals surface area contributed by atoms with Crippen LogP contribution in [0.5, 0.6) is 0 Å². The van der Waals surface area contributed by atoms with E-state index in [1.54, 1.807) is 17.2 Å². The monoisotopic (exact) mass is 281 g/mol. The first-order valence-electron chi connectivity index (χ1n) is 6.59. The minimum Gasteiger partial charge on any atom is -0.379 e. The van der Waals surface area contributed by atoms with Crippen LogP contribution in [0.3, 0.4) is 0 Å². The molecule has 2 aromatic heterocycles. The van der Waals surface area contributed by atoms with E-state index in [9.17, 15) is 0 Å². The van der Waals surface area contributed by atoms with Gasteiger partial charge in [-0.1, -0.05) is 0 Å². The van der Waals surface area contributed by atoms with Crippen LogP contribution in [0.4, 0.5) is 5.69 Å². The summed E-state index contributed by atoms with van der Waals surface area (Å²) in [5.41, 5.74) is 4.04. The molecule has 0 aliphatic carbocycles. The SMILES string of the molecule is Cc1nccc(CNc2ccc(-n3cnnn3)c(C)c2)n1. The number of aromatic nitrogens is 6. The molecule has 0 bridgehead atoms. The predicted molar refractivity (Wildman–Crippen MR) is 78.0 cm³/mol. The highest BCUT2D eigenvalue weighted by molar-refractivity contribution is 5.53. The maximum absolute atomic E-state index is 4.36. The number of nitrogens with zero attached hydrogens (tertiary/aromatic N) is 6. The molecule has 0 saturated heterocycles. The zero-order chi connectivity index (χ0) is 14.7. The molecule has 1 aromatic carbocycles. The third kappa shape index (κ3) is 3.02. The first-order valence-corrected chi connectivity index (χ1v) is 6.59. The van der Waals surface area contributed by atoms with Crippen LogP contribution in [0, 0.1) is 13.8 Å². The van der Waals surface area contributed by atoms with Crippen molar-refractivity contribution in [1.82, 2.24) is 30.2 Å². The molecular formula is C14H15N7. The van der Waals surface area contributed by atoms with Crippen molar-refractivity contribution < 1.29 is 0 Å². The van der Waals surface area contributed by atoms with Gasteiger partial charge < -0.3 is 5.32 Å². The molecule has 3 aromatic rings. The highest BCUT2D eigenvalue weighted by Crippen LogP contribution is 2.18. The van der Waals surface area contributed by atoms with Crippen molar-refractivity contribution >= 4 is 5.69 Å². The fourth-order valence-electron chi connectivity index (χ4n) is 2.09. The molecule has 0 unspecified atom stereocenters. The Bertz CT molecular complexity index is 737. The van der Waals surface area contributed by atoms with Gasteiger partial charge in [-0.15, -0.1) is 5.10 Å². The standard InChI is InChI=1S/C14H15N7/c1-10-7-12(3-4-14(10)21-9-17-19-20-21)16-8-13-5-6-15-11(2)18-13/h3-7,9,16H,8H2,1-2H3. The molecule has 2 heterocycles. The highest BCUT2D eigenvalue weighted by Gasteiger charge is 2.04. The van der Waals surface area contributed by atoms with Crippen LogP contribution in [0.2, 0.25) is 0 Å². The van der Waals surface area contributed by atoms with E-state index in [-0.39, 0.29) is 0 Å². The minimum atomic E-state index is 0.660. The Labute approximate surface area is 122 Å². The van der Waals surface area contributed by atoms with Gasteiger partial charge in [0.15, 0.2) is 0 Å². The van der Waals surface area contributed by atoms with Gasteiger partial charge in [-0.3, -0.25) is 0 Å². The second-order valence-electron chi connectivity index (χ2n) is 4.70. The molecule has 0 amide bonds. The molecule has 106 valence electrons. The Morgan fingerprint density at radius 2 is 2.10 bits per heavy atom. The van der Waals surface area contributed by atoms with E-state index in [0.29, 0.717) is 6.54 Å². The largest absolute Gasteiger partial charge is 0.379 e. The molecule has 0 spiro atoms. The topological polar surface area (TPSA) is 81.4 Å². The number of benzene rings is 1. The van der Waals surface area contributed by atoms with Gasteiger partial charge in [0.1, 0.15) is 12.2 Å². The van der Waals surface area contributed by atoms with E-state index >= 15 is 0 Å². The lowest BCUT2D eigenvalue weighted by atomic mass is 10.2. The van der Waals surface area contributed by atoms with Gasteiger partial charge in [-0.25, -0.2) is 14.6 Å². The predicted octanol–water partition coefficient (Wildman–Crippen LogP) is 1.68. The van der Waals surface area contributed by atoms with Gasteiger partial charge in [-0.05, 0) is 54.1 Å². The van der Waals surface area contributed by atoms with Crippen molar-refractivity contribution in [2.24, 2.45) is 0 Å². The summed E-state index contributed by atoms with van der Waals surface area (Å²) in [5, 5.41) is 14.5. The average Bonchev–Trinajstić information content (AvgIpc) is 2.99. The van der Waals surface area contributed by atoms with Gasteiger partial charge in [0, 0.05) is 11.9 Å². The second-order valence-corrected chi connectivity index (χ2v) is 4.70. The molecule has 0 atom stereocenters. The third-order valence-corrected chi connectivity index (χ3v) is 3.10. The molecule has 7 nitrogen and oxygen atoms in total. The van der Waals surface area contributed by atoms with Crippen LogP contribution >= 0.6 is 0 Å². The summed E-state index contributed by atoms with van der Waals surface area (Å²) in [5.74, 6) is 0.777.